The zero-order valence-electron chi connectivity index (χ0n) is 11.2. The molecule has 104 valence electrons. The first kappa shape index (κ1) is 13.8. The molecular formula is C14H26N2O2. The van der Waals surface area contributed by atoms with Crippen LogP contribution >= 0.6 is 0 Å². The molecule has 2 heterocycles. The van der Waals surface area contributed by atoms with Crippen LogP contribution in [0.3, 0.4) is 0 Å². The lowest BCUT2D eigenvalue weighted by molar-refractivity contribution is -0.122. The molecule has 0 spiro atoms. The molecule has 2 saturated heterocycles. The highest BCUT2D eigenvalue weighted by molar-refractivity contribution is 5.75. The standard InChI is InChI=1S/C14H26N2O2/c17-14(8-7-13-6-2-4-10-18-13)16-11-12-5-1-3-9-15-12/h12-13,15H,1-11H2,(H,16,17). The molecule has 0 aliphatic carbocycles. The van der Waals surface area contributed by atoms with Gasteiger partial charge in [0.2, 0.25) is 5.91 Å². The molecule has 0 saturated carbocycles. The molecule has 4 nitrogen and oxygen atoms in total. The first-order valence-electron chi connectivity index (χ1n) is 7.46. The Morgan fingerprint density at radius 3 is 2.83 bits per heavy atom. The van der Waals surface area contributed by atoms with Crippen molar-refractivity contribution in [3.8, 4) is 0 Å². The smallest absolute Gasteiger partial charge is 0.220 e. The third-order valence-corrected chi connectivity index (χ3v) is 3.93. The quantitative estimate of drug-likeness (QED) is 0.783. The summed E-state index contributed by atoms with van der Waals surface area (Å²) in [5.41, 5.74) is 0. The second kappa shape index (κ2) is 7.74. The Kier molecular flexibility index (Phi) is 5.94. The van der Waals surface area contributed by atoms with Crippen LogP contribution in [-0.4, -0.2) is 37.7 Å². The van der Waals surface area contributed by atoms with Crippen LogP contribution in [0.4, 0.5) is 0 Å². The fourth-order valence-corrected chi connectivity index (χ4v) is 2.75. The van der Waals surface area contributed by atoms with Crippen molar-refractivity contribution in [2.75, 3.05) is 19.7 Å². The van der Waals surface area contributed by atoms with E-state index in [0.717, 1.165) is 32.5 Å². The van der Waals surface area contributed by atoms with Crippen molar-refractivity contribution in [2.24, 2.45) is 0 Å². The van der Waals surface area contributed by atoms with Crippen LogP contribution in [0.15, 0.2) is 0 Å². The van der Waals surface area contributed by atoms with E-state index in [0.29, 0.717) is 18.6 Å². The van der Waals surface area contributed by atoms with Gasteiger partial charge in [0.1, 0.15) is 0 Å². The number of carbonyl (C=O) groups is 1. The van der Waals surface area contributed by atoms with Crippen LogP contribution in [0.2, 0.25) is 0 Å². The van der Waals surface area contributed by atoms with Gasteiger partial charge >= 0.3 is 0 Å². The van der Waals surface area contributed by atoms with Gasteiger partial charge in [-0.15, -0.1) is 0 Å². The van der Waals surface area contributed by atoms with E-state index in [1.165, 1.54) is 32.1 Å². The lowest BCUT2D eigenvalue weighted by Crippen LogP contribution is -2.43. The molecule has 0 bridgehead atoms. The van der Waals surface area contributed by atoms with Gasteiger partial charge in [-0.3, -0.25) is 4.79 Å². The lowest BCUT2D eigenvalue weighted by atomic mass is 10.0. The summed E-state index contributed by atoms with van der Waals surface area (Å²) in [4.78, 5) is 11.7. The van der Waals surface area contributed by atoms with Crippen LogP contribution in [0.5, 0.6) is 0 Å². The number of piperidine rings is 1. The predicted octanol–water partition coefficient (Wildman–Crippen LogP) is 1.59. The van der Waals surface area contributed by atoms with Crippen molar-refractivity contribution < 1.29 is 9.53 Å². The maximum Gasteiger partial charge on any atom is 0.220 e. The summed E-state index contributed by atoms with van der Waals surface area (Å²) in [5, 5.41) is 6.48. The van der Waals surface area contributed by atoms with Crippen molar-refractivity contribution >= 4 is 5.91 Å². The number of hydrogen-bond acceptors (Lipinski definition) is 3. The zero-order valence-corrected chi connectivity index (χ0v) is 11.2. The normalized spacial score (nSPS) is 28.9. The minimum absolute atomic E-state index is 0.177. The van der Waals surface area contributed by atoms with Crippen molar-refractivity contribution in [2.45, 2.75) is 63.5 Å². The Balaban J connectivity index is 1.54. The Bertz CT molecular complexity index is 222. The molecule has 0 aromatic carbocycles. The highest BCUT2D eigenvalue weighted by atomic mass is 16.5. The maximum absolute atomic E-state index is 11.7. The van der Waals surface area contributed by atoms with E-state index >= 15 is 0 Å². The molecule has 18 heavy (non-hydrogen) atoms. The third kappa shape index (κ3) is 4.94. The third-order valence-electron chi connectivity index (χ3n) is 3.93. The highest BCUT2D eigenvalue weighted by Crippen LogP contribution is 2.16. The van der Waals surface area contributed by atoms with E-state index in [4.69, 9.17) is 4.74 Å². The van der Waals surface area contributed by atoms with Gasteiger partial charge in [-0.1, -0.05) is 6.42 Å². The van der Waals surface area contributed by atoms with Crippen LogP contribution < -0.4 is 10.6 Å². The average molecular weight is 254 g/mol. The van der Waals surface area contributed by atoms with Gasteiger partial charge in [0.05, 0.1) is 6.10 Å². The van der Waals surface area contributed by atoms with Crippen LogP contribution in [0.25, 0.3) is 0 Å². The predicted molar refractivity (Wildman–Crippen MR) is 71.5 cm³/mol. The minimum Gasteiger partial charge on any atom is -0.378 e. The summed E-state index contributed by atoms with van der Waals surface area (Å²) in [5.74, 6) is 0.177. The molecule has 2 aliphatic heterocycles. The van der Waals surface area contributed by atoms with Gasteiger partial charge in [-0.05, 0) is 45.1 Å². The highest BCUT2D eigenvalue weighted by Gasteiger charge is 2.16. The van der Waals surface area contributed by atoms with Crippen molar-refractivity contribution in [3.05, 3.63) is 0 Å². The molecule has 2 atom stereocenters. The second-order valence-electron chi connectivity index (χ2n) is 5.48. The Morgan fingerprint density at radius 2 is 2.11 bits per heavy atom. The minimum atomic E-state index is 0.177. The molecule has 0 aromatic rings. The van der Waals surface area contributed by atoms with Crippen LogP contribution in [0.1, 0.15) is 51.4 Å². The van der Waals surface area contributed by atoms with Crippen molar-refractivity contribution in [3.63, 3.8) is 0 Å². The summed E-state index contributed by atoms with van der Waals surface area (Å²) in [6.07, 6.45) is 9.09. The monoisotopic (exact) mass is 254 g/mol. The Hall–Kier alpha value is -0.610. The van der Waals surface area contributed by atoms with Crippen molar-refractivity contribution in [1.82, 2.24) is 10.6 Å². The summed E-state index contributed by atoms with van der Waals surface area (Å²) in [7, 11) is 0. The van der Waals surface area contributed by atoms with Crippen LogP contribution in [0, 0.1) is 0 Å². The van der Waals surface area contributed by atoms with Gasteiger partial charge < -0.3 is 15.4 Å². The van der Waals surface area contributed by atoms with Gasteiger partial charge in [0.25, 0.3) is 0 Å². The van der Waals surface area contributed by atoms with E-state index in [2.05, 4.69) is 10.6 Å². The van der Waals surface area contributed by atoms with Crippen LogP contribution in [-0.2, 0) is 9.53 Å². The second-order valence-corrected chi connectivity index (χ2v) is 5.48. The number of ether oxygens (including phenoxy) is 1. The molecule has 1 amide bonds. The largest absolute Gasteiger partial charge is 0.378 e. The summed E-state index contributed by atoms with van der Waals surface area (Å²) >= 11 is 0. The molecule has 2 aliphatic rings. The van der Waals surface area contributed by atoms with E-state index in [1.807, 2.05) is 0 Å². The van der Waals surface area contributed by atoms with Gasteiger partial charge in [-0.2, -0.15) is 0 Å². The van der Waals surface area contributed by atoms with Crippen molar-refractivity contribution in [1.29, 1.82) is 0 Å². The fourth-order valence-electron chi connectivity index (χ4n) is 2.75. The molecule has 2 N–H and O–H groups in total. The lowest BCUT2D eigenvalue weighted by Gasteiger charge is -2.24. The Morgan fingerprint density at radius 1 is 1.22 bits per heavy atom. The molecule has 2 rings (SSSR count). The fraction of sp³-hybridized carbons (Fsp3) is 0.929. The zero-order chi connectivity index (χ0) is 12.6. The van der Waals surface area contributed by atoms with Gasteiger partial charge in [-0.25, -0.2) is 0 Å². The molecular weight excluding hydrogens is 228 g/mol. The number of carbonyl (C=O) groups excluding carboxylic acids is 1. The summed E-state index contributed by atoms with van der Waals surface area (Å²) in [6.45, 7) is 2.75. The number of nitrogens with one attached hydrogen (secondary N) is 2. The molecule has 0 aromatic heterocycles. The molecule has 0 radical (unpaired) electrons. The topological polar surface area (TPSA) is 50.4 Å². The molecule has 2 unspecified atom stereocenters. The number of rotatable bonds is 5. The first-order valence-corrected chi connectivity index (χ1v) is 7.46. The van der Waals surface area contributed by atoms with E-state index in [1.54, 1.807) is 0 Å². The summed E-state index contributed by atoms with van der Waals surface area (Å²) in [6, 6.07) is 0.480. The van der Waals surface area contributed by atoms with E-state index in [9.17, 15) is 4.79 Å². The van der Waals surface area contributed by atoms with E-state index < -0.39 is 0 Å². The van der Waals surface area contributed by atoms with Gasteiger partial charge in [0, 0.05) is 25.6 Å². The summed E-state index contributed by atoms with van der Waals surface area (Å²) < 4.78 is 5.63. The Labute approximate surface area is 110 Å². The molecule has 4 heteroatoms. The van der Waals surface area contributed by atoms with Gasteiger partial charge in [0.15, 0.2) is 0 Å². The SMILES string of the molecule is O=C(CCC1CCCCO1)NCC1CCCCN1. The number of hydrogen-bond donors (Lipinski definition) is 2. The molecule has 2 fully saturated rings. The van der Waals surface area contributed by atoms with E-state index in [-0.39, 0.29) is 5.91 Å². The average Bonchev–Trinajstić information content (AvgIpc) is 2.45. The number of amides is 1. The maximum atomic E-state index is 11.7. The first-order chi connectivity index (χ1) is 8.84.